The highest BCUT2D eigenvalue weighted by Gasteiger charge is 2.09. The Morgan fingerprint density at radius 2 is 1.86 bits per heavy atom. The number of hydrogen-bond acceptors (Lipinski definition) is 2. The molecule has 0 aliphatic heterocycles. The van der Waals surface area contributed by atoms with Gasteiger partial charge in [-0.15, -0.1) is 0 Å². The summed E-state index contributed by atoms with van der Waals surface area (Å²) in [6, 6.07) is 14.2. The van der Waals surface area contributed by atoms with Gasteiger partial charge in [-0.3, -0.25) is 4.79 Å². The molecule has 1 amide bonds. The molecule has 3 nitrogen and oxygen atoms in total. The second kappa shape index (κ2) is 6.43. The van der Waals surface area contributed by atoms with Gasteiger partial charge in [0, 0.05) is 5.56 Å². The van der Waals surface area contributed by atoms with E-state index in [-0.39, 0.29) is 5.91 Å². The molecule has 1 N–H and O–H groups in total. The predicted molar refractivity (Wildman–Crippen MR) is 84.7 cm³/mol. The molecule has 4 heteroatoms. The van der Waals surface area contributed by atoms with Gasteiger partial charge >= 0.3 is 0 Å². The van der Waals surface area contributed by atoms with E-state index in [1.54, 1.807) is 24.3 Å². The molecule has 0 aliphatic carbocycles. The lowest BCUT2D eigenvalue weighted by molar-refractivity contribution is 0.102. The van der Waals surface area contributed by atoms with Crippen molar-refractivity contribution in [2.24, 2.45) is 0 Å². The molecule has 0 aromatic heterocycles. The first kappa shape index (κ1) is 15.1. The van der Waals surface area contributed by atoms with Crippen LogP contribution in [-0.4, -0.2) is 5.91 Å². The highest BCUT2D eigenvalue weighted by Crippen LogP contribution is 2.23. The Kier molecular flexibility index (Phi) is 4.62. The van der Waals surface area contributed by atoms with Crippen LogP contribution < -0.4 is 5.32 Å². The molecule has 0 saturated heterocycles. The monoisotopic (exact) mass is 298 g/mol. The standard InChI is InChI=1S/C17H15ClN2O/c1-11(2)13-4-6-14(7-5-13)17(21)20-16-8-3-12(10-19)9-15(16)18/h3-9,11H,1-2H3,(H,20,21). The Labute approximate surface area is 129 Å². The van der Waals surface area contributed by atoms with Crippen molar-refractivity contribution in [3.8, 4) is 6.07 Å². The van der Waals surface area contributed by atoms with Gasteiger partial charge in [0.15, 0.2) is 0 Å². The van der Waals surface area contributed by atoms with Gasteiger partial charge in [-0.05, 0) is 41.8 Å². The first-order valence-corrected chi connectivity index (χ1v) is 7.00. The Morgan fingerprint density at radius 3 is 2.38 bits per heavy atom. The number of benzene rings is 2. The van der Waals surface area contributed by atoms with Crippen molar-refractivity contribution in [2.45, 2.75) is 19.8 Å². The lowest BCUT2D eigenvalue weighted by Crippen LogP contribution is -2.12. The molecule has 0 unspecified atom stereocenters. The summed E-state index contributed by atoms with van der Waals surface area (Å²) in [5.41, 5.74) is 2.70. The molecular formula is C17H15ClN2O. The number of carbonyl (C=O) groups excluding carboxylic acids is 1. The van der Waals surface area contributed by atoms with E-state index in [0.717, 1.165) is 0 Å². The van der Waals surface area contributed by atoms with E-state index < -0.39 is 0 Å². The van der Waals surface area contributed by atoms with E-state index in [4.69, 9.17) is 16.9 Å². The van der Waals surface area contributed by atoms with E-state index in [0.29, 0.717) is 27.8 Å². The fourth-order valence-corrected chi connectivity index (χ4v) is 2.13. The molecule has 0 saturated carbocycles. The molecule has 106 valence electrons. The second-order valence-corrected chi connectivity index (χ2v) is 5.44. The zero-order valence-electron chi connectivity index (χ0n) is 11.9. The number of nitrogens with one attached hydrogen (secondary N) is 1. The average Bonchev–Trinajstić information content (AvgIpc) is 2.49. The van der Waals surface area contributed by atoms with Crippen LogP contribution in [0, 0.1) is 11.3 Å². The number of halogens is 1. The smallest absolute Gasteiger partial charge is 0.255 e. The van der Waals surface area contributed by atoms with Crippen molar-refractivity contribution in [1.82, 2.24) is 0 Å². The van der Waals surface area contributed by atoms with Gasteiger partial charge in [0.1, 0.15) is 0 Å². The number of amides is 1. The van der Waals surface area contributed by atoms with Crippen molar-refractivity contribution in [3.63, 3.8) is 0 Å². The maximum atomic E-state index is 12.2. The van der Waals surface area contributed by atoms with E-state index in [2.05, 4.69) is 19.2 Å². The van der Waals surface area contributed by atoms with Gasteiger partial charge in [-0.1, -0.05) is 37.6 Å². The number of nitrogens with zero attached hydrogens (tertiary/aromatic N) is 1. The summed E-state index contributed by atoms with van der Waals surface area (Å²) in [5, 5.41) is 11.9. The summed E-state index contributed by atoms with van der Waals surface area (Å²) in [5.74, 6) is 0.201. The molecule has 0 aliphatic rings. The fraction of sp³-hybridized carbons (Fsp3) is 0.176. The molecule has 0 bridgehead atoms. The van der Waals surface area contributed by atoms with Gasteiger partial charge < -0.3 is 5.32 Å². The van der Waals surface area contributed by atoms with Gasteiger partial charge in [0.2, 0.25) is 0 Å². The molecule has 0 heterocycles. The molecule has 0 radical (unpaired) electrons. The Morgan fingerprint density at radius 1 is 1.19 bits per heavy atom. The summed E-state index contributed by atoms with van der Waals surface area (Å²) in [6.07, 6.45) is 0. The normalized spacial score (nSPS) is 10.2. The molecule has 2 aromatic carbocycles. The molecular weight excluding hydrogens is 284 g/mol. The topological polar surface area (TPSA) is 52.9 Å². The highest BCUT2D eigenvalue weighted by molar-refractivity contribution is 6.34. The zero-order chi connectivity index (χ0) is 15.4. The van der Waals surface area contributed by atoms with E-state index >= 15 is 0 Å². The van der Waals surface area contributed by atoms with Gasteiger partial charge in [-0.25, -0.2) is 0 Å². The van der Waals surface area contributed by atoms with Crippen LogP contribution >= 0.6 is 11.6 Å². The summed E-state index contributed by atoms with van der Waals surface area (Å²) >= 11 is 6.04. The Bertz CT molecular complexity index is 700. The van der Waals surface area contributed by atoms with Crippen LogP contribution in [0.15, 0.2) is 42.5 Å². The van der Waals surface area contributed by atoms with E-state index in [1.807, 2.05) is 18.2 Å². The van der Waals surface area contributed by atoms with Crippen LogP contribution in [-0.2, 0) is 0 Å². The highest BCUT2D eigenvalue weighted by atomic mass is 35.5. The van der Waals surface area contributed by atoms with Crippen LogP contribution in [0.25, 0.3) is 0 Å². The molecule has 2 rings (SSSR count). The number of carbonyl (C=O) groups is 1. The van der Waals surface area contributed by atoms with Crippen LogP contribution in [0.2, 0.25) is 5.02 Å². The maximum absolute atomic E-state index is 12.2. The van der Waals surface area contributed by atoms with E-state index in [9.17, 15) is 4.79 Å². The van der Waals surface area contributed by atoms with Crippen molar-refractivity contribution in [3.05, 3.63) is 64.2 Å². The number of hydrogen-bond donors (Lipinski definition) is 1. The quantitative estimate of drug-likeness (QED) is 0.901. The first-order chi connectivity index (χ1) is 10.0. The van der Waals surface area contributed by atoms with Crippen molar-refractivity contribution in [1.29, 1.82) is 5.26 Å². The third-order valence-corrected chi connectivity index (χ3v) is 3.50. The van der Waals surface area contributed by atoms with Crippen LogP contribution in [0.3, 0.4) is 0 Å². The maximum Gasteiger partial charge on any atom is 0.255 e. The minimum absolute atomic E-state index is 0.225. The minimum Gasteiger partial charge on any atom is -0.321 e. The van der Waals surface area contributed by atoms with Crippen molar-refractivity contribution in [2.75, 3.05) is 5.32 Å². The third-order valence-electron chi connectivity index (χ3n) is 3.19. The second-order valence-electron chi connectivity index (χ2n) is 5.04. The summed E-state index contributed by atoms with van der Waals surface area (Å²) in [4.78, 5) is 12.2. The van der Waals surface area contributed by atoms with Crippen LogP contribution in [0.1, 0.15) is 41.3 Å². The summed E-state index contributed by atoms with van der Waals surface area (Å²) in [7, 11) is 0. The molecule has 0 atom stereocenters. The number of nitriles is 1. The molecule has 21 heavy (non-hydrogen) atoms. The summed E-state index contributed by atoms with van der Waals surface area (Å²) < 4.78 is 0. The number of rotatable bonds is 3. The molecule has 0 fully saturated rings. The molecule has 2 aromatic rings. The predicted octanol–water partition coefficient (Wildman–Crippen LogP) is 4.59. The largest absolute Gasteiger partial charge is 0.321 e. The zero-order valence-corrected chi connectivity index (χ0v) is 12.6. The lowest BCUT2D eigenvalue weighted by Gasteiger charge is -2.09. The van der Waals surface area contributed by atoms with Crippen LogP contribution in [0.5, 0.6) is 0 Å². The van der Waals surface area contributed by atoms with Crippen LogP contribution in [0.4, 0.5) is 5.69 Å². The SMILES string of the molecule is CC(C)c1ccc(C(=O)Nc2ccc(C#N)cc2Cl)cc1. The van der Waals surface area contributed by atoms with Gasteiger partial charge in [0.05, 0.1) is 22.3 Å². The Balaban J connectivity index is 2.16. The van der Waals surface area contributed by atoms with Gasteiger partial charge in [0.25, 0.3) is 5.91 Å². The average molecular weight is 299 g/mol. The van der Waals surface area contributed by atoms with Crippen molar-refractivity contribution < 1.29 is 4.79 Å². The summed E-state index contributed by atoms with van der Waals surface area (Å²) in [6.45, 7) is 4.21. The first-order valence-electron chi connectivity index (χ1n) is 6.62. The van der Waals surface area contributed by atoms with Gasteiger partial charge in [-0.2, -0.15) is 5.26 Å². The van der Waals surface area contributed by atoms with E-state index in [1.165, 1.54) is 11.6 Å². The third kappa shape index (κ3) is 3.62. The number of anilines is 1. The fourth-order valence-electron chi connectivity index (χ4n) is 1.90. The molecule has 0 spiro atoms. The Hall–Kier alpha value is -2.31. The lowest BCUT2D eigenvalue weighted by atomic mass is 10.0. The minimum atomic E-state index is -0.225. The van der Waals surface area contributed by atoms with Crippen molar-refractivity contribution >= 4 is 23.2 Å².